The third-order valence-electron chi connectivity index (χ3n) is 9.59. The number of ketones is 1. The third-order valence-corrected chi connectivity index (χ3v) is 9.59. The molecule has 3 aliphatic carbocycles. The molecule has 198 valence electrons. The average molecular weight is 507 g/mol. The number of ether oxygens (including phenoxy) is 1. The van der Waals surface area contributed by atoms with Crippen molar-refractivity contribution < 1.29 is 14.1 Å². The van der Waals surface area contributed by atoms with Gasteiger partial charge in [0.05, 0.1) is 5.41 Å². The number of fused-ring (bicyclic) bond motifs is 2. The Bertz CT molecular complexity index is 1190. The maximum absolute atomic E-state index is 13.1. The van der Waals surface area contributed by atoms with Crippen molar-refractivity contribution in [3.8, 4) is 17.4 Å². The summed E-state index contributed by atoms with van der Waals surface area (Å²) < 4.78 is 12.3. The molecule has 4 fully saturated rings. The number of nitrogens with one attached hydrogen (secondary N) is 1. The molecule has 9 heteroatoms. The predicted molar refractivity (Wildman–Crippen MR) is 139 cm³/mol. The molecule has 9 nitrogen and oxygen atoms in total. The Labute approximate surface area is 218 Å². The van der Waals surface area contributed by atoms with E-state index in [0.717, 1.165) is 88.3 Å². The minimum Gasteiger partial charge on any atom is -0.476 e. The first-order valence-electron chi connectivity index (χ1n) is 14.3. The van der Waals surface area contributed by atoms with Gasteiger partial charge in [-0.05, 0) is 71.4 Å². The summed E-state index contributed by atoms with van der Waals surface area (Å²) in [6.45, 7) is 4.53. The third kappa shape index (κ3) is 4.14. The summed E-state index contributed by atoms with van der Waals surface area (Å²) in [5.74, 6) is 3.14. The van der Waals surface area contributed by atoms with Crippen LogP contribution < -0.4 is 15.0 Å². The Morgan fingerprint density at radius 3 is 2.81 bits per heavy atom. The Kier molecular flexibility index (Phi) is 5.77. The molecule has 0 amide bonds. The number of hydrogen-bond acceptors (Lipinski definition) is 9. The zero-order chi connectivity index (χ0) is 25.0. The first kappa shape index (κ1) is 23.6. The van der Waals surface area contributed by atoms with E-state index >= 15 is 0 Å². The van der Waals surface area contributed by atoms with Gasteiger partial charge >= 0.3 is 0 Å². The largest absolute Gasteiger partial charge is 0.476 e. The number of likely N-dealkylation sites (N-methyl/N-ethyl adjacent to an activating group) is 1. The van der Waals surface area contributed by atoms with Crippen LogP contribution in [0.3, 0.4) is 0 Å². The molecule has 0 radical (unpaired) electrons. The number of Topliss-reactive ketones (excluding diaryl/α,β-unsaturated/α-hetero) is 1. The fourth-order valence-electron chi connectivity index (χ4n) is 7.13. The molecule has 37 heavy (non-hydrogen) atoms. The van der Waals surface area contributed by atoms with Gasteiger partial charge in [0.15, 0.2) is 17.3 Å². The molecule has 1 N–H and O–H groups in total. The second-order valence-corrected chi connectivity index (χ2v) is 12.0. The highest BCUT2D eigenvalue weighted by molar-refractivity contribution is 5.91. The number of likely N-dealkylation sites (tertiary alicyclic amines) is 1. The van der Waals surface area contributed by atoms with E-state index in [1.54, 1.807) is 0 Å². The van der Waals surface area contributed by atoms with Crippen molar-refractivity contribution in [2.24, 2.45) is 0 Å². The summed E-state index contributed by atoms with van der Waals surface area (Å²) in [7, 11) is 2.16. The van der Waals surface area contributed by atoms with Gasteiger partial charge < -0.3 is 24.4 Å². The van der Waals surface area contributed by atoms with E-state index in [1.807, 2.05) is 6.07 Å². The van der Waals surface area contributed by atoms with E-state index < -0.39 is 5.41 Å². The number of aromatic nitrogens is 3. The molecule has 2 atom stereocenters. The zero-order valence-corrected chi connectivity index (χ0v) is 21.9. The molecule has 2 aliphatic heterocycles. The van der Waals surface area contributed by atoms with Gasteiger partial charge in [0.1, 0.15) is 18.2 Å². The lowest BCUT2D eigenvalue weighted by Gasteiger charge is -2.36. The topological polar surface area (TPSA) is 96.6 Å². The average Bonchev–Trinajstić information content (AvgIpc) is 3.30. The fraction of sp³-hybridized carbons (Fsp3) is 0.714. The van der Waals surface area contributed by atoms with E-state index in [2.05, 4.69) is 27.3 Å². The van der Waals surface area contributed by atoms with Crippen LogP contribution in [0.1, 0.15) is 75.5 Å². The van der Waals surface area contributed by atoms with Crippen LogP contribution in [-0.2, 0) is 16.6 Å². The van der Waals surface area contributed by atoms with Crippen LogP contribution in [-0.4, -0.2) is 77.2 Å². The summed E-state index contributed by atoms with van der Waals surface area (Å²) in [6.07, 6.45) is 11.0. The van der Waals surface area contributed by atoms with Gasteiger partial charge in [-0.25, -0.2) is 4.98 Å². The number of nitrogens with zero attached hydrogens (tertiary/aromatic N) is 5. The Balaban J connectivity index is 1.25. The fourth-order valence-corrected chi connectivity index (χ4v) is 7.13. The summed E-state index contributed by atoms with van der Waals surface area (Å²) >= 11 is 0. The van der Waals surface area contributed by atoms with Gasteiger partial charge in [-0.3, -0.25) is 4.79 Å². The number of carbonyl (C=O) groups excluding carboxylic acids is 1. The monoisotopic (exact) mass is 506 g/mol. The summed E-state index contributed by atoms with van der Waals surface area (Å²) in [5.41, 5.74) is 1.45. The highest BCUT2D eigenvalue weighted by Gasteiger charge is 2.49. The molecule has 2 spiro atoms. The van der Waals surface area contributed by atoms with Gasteiger partial charge in [-0.15, -0.1) is 0 Å². The predicted octanol–water partition coefficient (Wildman–Crippen LogP) is 3.26. The first-order chi connectivity index (χ1) is 18.1. The molecule has 5 aliphatic rings. The number of rotatable bonds is 5. The number of hydrogen-bond donors (Lipinski definition) is 1. The molecule has 7 rings (SSSR count). The maximum atomic E-state index is 13.1. The van der Waals surface area contributed by atoms with Gasteiger partial charge in [0.25, 0.3) is 0 Å². The molecule has 2 saturated carbocycles. The van der Waals surface area contributed by atoms with Crippen LogP contribution >= 0.6 is 0 Å². The standard InChI is InChI=1S/C28H38N6O3/c1-33-14-5-6-19(33)17-36-23-16-22(34-15-13-29-27(18-34)11-12-27)30-26(31-23)24-20-7-4-10-28(25(20)37-32-24)9-3-2-8-21(28)35/h16,19,29H,2-15,17-18H2,1H3/t19-,28+/m0/s1. The van der Waals surface area contributed by atoms with Crippen molar-refractivity contribution in [2.75, 3.05) is 44.7 Å². The lowest BCUT2D eigenvalue weighted by atomic mass is 9.64. The Hall–Kier alpha value is -2.52. The molecular weight excluding hydrogens is 468 g/mol. The van der Waals surface area contributed by atoms with E-state index in [0.29, 0.717) is 42.3 Å². The molecule has 2 aromatic heterocycles. The molecule has 2 saturated heterocycles. The minimum absolute atomic E-state index is 0.234. The Morgan fingerprint density at radius 1 is 1.11 bits per heavy atom. The van der Waals surface area contributed by atoms with Gasteiger partial charge in [0, 0.05) is 49.3 Å². The minimum atomic E-state index is -0.502. The lowest BCUT2D eigenvalue weighted by Crippen LogP contribution is -2.52. The van der Waals surface area contributed by atoms with Gasteiger partial charge in [-0.2, -0.15) is 4.98 Å². The molecule has 0 bridgehead atoms. The van der Waals surface area contributed by atoms with Crippen molar-refractivity contribution in [1.82, 2.24) is 25.3 Å². The van der Waals surface area contributed by atoms with E-state index in [1.165, 1.54) is 19.3 Å². The number of piperazine rings is 1. The molecule has 4 heterocycles. The highest BCUT2D eigenvalue weighted by atomic mass is 16.5. The van der Waals surface area contributed by atoms with Crippen molar-refractivity contribution in [3.63, 3.8) is 0 Å². The molecule has 0 aromatic carbocycles. The van der Waals surface area contributed by atoms with Crippen molar-refractivity contribution >= 4 is 11.6 Å². The van der Waals surface area contributed by atoms with E-state index in [4.69, 9.17) is 19.2 Å². The zero-order valence-electron chi connectivity index (χ0n) is 21.9. The summed E-state index contributed by atoms with van der Waals surface area (Å²) in [5, 5.41) is 8.21. The summed E-state index contributed by atoms with van der Waals surface area (Å²) in [4.78, 5) is 27.8. The quantitative estimate of drug-likeness (QED) is 0.655. The number of anilines is 1. The van der Waals surface area contributed by atoms with Crippen LogP contribution in [0.25, 0.3) is 11.5 Å². The van der Waals surface area contributed by atoms with E-state index in [-0.39, 0.29) is 5.54 Å². The van der Waals surface area contributed by atoms with Crippen LogP contribution in [0.4, 0.5) is 5.82 Å². The van der Waals surface area contributed by atoms with Crippen LogP contribution in [0.2, 0.25) is 0 Å². The molecule has 0 unspecified atom stereocenters. The highest BCUT2D eigenvalue weighted by Crippen LogP contribution is 2.47. The summed E-state index contributed by atoms with van der Waals surface area (Å²) in [6, 6.07) is 2.41. The van der Waals surface area contributed by atoms with E-state index in [9.17, 15) is 4.79 Å². The van der Waals surface area contributed by atoms with Crippen LogP contribution in [0.15, 0.2) is 10.6 Å². The van der Waals surface area contributed by atoms with Crippen molar-refractivity contribution in [2.45, 2.75) is 87.6 Å². The Morgan fingerprint density at radius 2 is 2.00 bits per heavy atom. The lowest BCUT2D eigenvalue weighted by molar-refractivity contribution is -0.128. The van der Waals surface area contributed by atoms with Crippen molar-refractivity contribution in [1.29, 1.82) is 0 Å². The number of carbonyl (C=O) groups is 1. The second-order valence-electron chi connectivity index (χ2n) is 12.0. The molecule has 2 aromatic rings. The van der Waals surface area contributed by atoms with Gasteiger partial charge in [0.2, 0.25) is 5.88 Å². The first-order valence-corrected chi connectivity index (χ1v) is 14.3. The maximum Gasteiger partial charge on any atom is 0.219 e. The van der Waals surface area contributed by atoms with Crippen LogP contribution in [0.5, 0.6) is 5.88 Å². The normalized spacial score (nSPS) is 29.2. The second kappa shape index (κ2) is 9.05. The molecular formula is C28H38N6O3. The van der Waals surface area contributed by atoms with Gasteiger partial charge in [-0.1, -0.05) is 11.6 Å². The van der Waals surface area contributed by atoms with Crippen LogP contribution in [0, 0.1) is 0 Å². The van der Waals surface area contributed by atoms with Crippen molar-refractivity contribution in [3.05, 3.63) is 17.4 Å². The SMILES string of the molecule is CN1CCC[C@H]1COc1cc(N2CCNC3(CC3)C2)nc(-c2noc3c2CCC[C@@]32CCCCC2=O)n1. The smallest absolute Gasteiger partial charge is 0.219 e.